The highest BCUT2D eigenvalue weighted by molar-refractivity contribution is 6.17. The van der Waals surface area contributed by atoms with E-state index in [-0.39, 0.29) is 0 Å². The highest BCUT2D eigenvalue weighted by atomic mass is 14.8. The fraction of sp³-hybridized carbons (Fsp3) is 0. The van der Waals surface area contributed by atoms with E-state index in [0.29, 0.717) is 0 Å². The number of nitrogens with zero attached hydrogens (tertiary/aromatic N) is 2. The van der Waals surface area contributed by atoms with Gasteiger partial charge in [-0.2, -0.15) is 0 Å². The van der Waals surface area contributed by atoms with Crippen molar-refractivity contribution < 1.29 is 0 Å². The summed E-state index contributed by atoms with van der Waals surface area (Å²) in [7, 11) is 0. The Labute approximate surface area is 139 Å². The molecule has 0 aliphatic carbocycles. The zero-order chi connectivity index (χ0) is 15.9. The molecule has 0 amide bonds. The molecule has 0 fully saturated rings. The van der Waals surface area contributed by atoms with Crippen LogP contribution in [-0.4, -0.2) is 9.97 Å². The molecule has 0 saturated heterocycles. The monoisotopic (exact) mass is 306 g/mol. The van der Waals surface area contributed by atoms with Gasteiger partial charge in [-0.1, -0.05) is 60.7 Å². The van der Waals surface area contributed by atoms with Crippen LogP contribution >= 0.6 is 0 Å². The van der Waals surface area contributed by atoms with Crippen molar-refractivity contribution in [3.63, 3.8) is 0 Å². The van der Waals surface area contributed by atoms with Crippen molar-refractivity contribution in [3.05, 3.63) is 85.3 Å². The smallest absolute Gasteiger partial charge is 0.0885 e. The van der Waals surface area contributed by atoms with Gasteiger partial charge in [0.05, 0.1) is 11.9 Å². The molecule has 112 valence electrons. The maximum Gasteiger partial charge on any atom is 0.0885 e. The molecule has 0 saturated carbocycles. The molecule has 0 N–H and O–H groups in total. The summed E-state index contributed by atoms with van der Waals surface area (Å²) in [5.41, 5.74) is 1.99. The number of rotatable bonds is 1. The summed E-state index contributed by atoms with van der Waals surface area (Å²) in [4.78, 5) is 8.56. The van der Waals surface area contributed by atoms with Gasteiger partial charge in [-0.3, -0.25) is 9.97 Å². The maximum absolute atomic E-state index is 4.40. The van der Waals surface area contributed by atoms with Crippen LogP contribution in [0.5, 0.6) is 0 Å². The van der Waals surface area contributed by atoms with Crippen LogP contribution in [0.25, 0.3) is 43.6 Å². The van der Waals surface area contributed by atoms with Crippen LogP contribution in [0.4, 0.5) is 0 Å². The molecule has 0 aliphatic heterocycles. The lowest BCUT2D eigenvalue weighted by atomic mass is 9.96. The number of fused-ring (bicyclic) bond motifs is 5. The minimum Gasteiger partial charge on any atom is -0.261 e. The summed E-state index contributed by atoms with van der Waals surface area (Å²) < 4.78 is 0. The van der Waals surface area contributed by atoms with E-state index in [4.69, 9.17) is 0 Å². The summed E-state index contributed by atoms with van der Waals surface area (Å²) in [6.45, 7) is 0. The van der Waals surface area contributed by atoms with Crippen molar-refractivity contribution in [3.8, 4) is 11.3 Å². The topological polar surface area (TPSA) is 25.8 Å². The molecule has 2 nitrogen and oxygen atoms in total. The Bertz CT molecular complexity index is 1190. The van der Waals surface area contributed by atoms with Crippen LogP contribution in [0.1, 0.15) is 0 Å². The van der Waals surface area contributed by atoms with Gasteiger partial charge in [0.15, 0.2) is 0 Å². The molecule has 4 aromatic carbocycles. The quantitative estimate of drug-likeness (QED) is 0.376. The first kappa shape index (κ1) is 13.2. The molecule has 0 spiro atoms. The Hall–Kier alpha value is -3.26. The highest BCUT2D eigenvalue weighted by Gasteiger charge is 2.06. The average molecular weight is 306 g/mol. The van der Waals surface area contributed by atoms with Gasteiger partial charge < -0.3 is 0 Å². The second-order valence-electron chi connectivity index (χ2n) is 5.97. The minimum absolute atomic E-state index is 0.901. The van der Waals surface area contributed by atoms with Gasteiger partial charge in [-0.15, -0.1) is 0 Å². The first-order chi connectivity index (χ1) is 11.9. The molecular formula is C22H14N2. The zero-order valence-electron chi connectivity index (χ0n) is 13.0. The lowest BCUT2D eigenvalue weighted by Gasteiger charge is -2.09. The fourth-order valence-electron chi connectivity index (χ4n) is 3.44. The summed E-state index contributed by atoms with van der Waals surface area (Å²) in [6, 6.07) is 23.9. The third-order valence-corrected chi connectivity index (χ3v) is 4.60. The van der Waals surface area contributed by atoms with Gasteiger partial charge in [0.25, 0.3) is 0 Å². The third-order valence-electron chi connectivity index (χ3n) is 4.60. The molecule has 1 heterocycles. The SMILES string of the molecule is c1ccc2c(c1)ccc1c3ccc(-c4cnccn4)cc3ccc21. The Morgan fingerprint density at radius 1 is 0.583 bits per heavy atom. The molecule has 2 heteroatoms. The second kappa shape index (κ2) is 5.14. The third kappa shape index (κ3) is 1.97. The summed E-state index contributed by atoms with van der Waals surface area (Å²) in [6.07, 6.45) is 5.23. The van der Waals surface area contributed by atoms with E-state index >= 15 is 0 Å². The van der Waals surface area contributed by atoms with E-state index in [1.54, 1.807) is 18.6 Å². The van der Waals surface area contributed by atoms with Crippen LogP contribution in [-0.2, 0) is 0 Å². The van der Waals surface area contributed by atoms with E-state index in [0.717, 1.165) is 11.3 Å². The van der Waals surface area contributed by atoms with Gasteiger partial charge in [0, 0.05) is 18.0 Å². The highest BCUT2D eigenvalue weighted by Crippen LogP contribution is 2.32. The average Bonchev–Trinajstić information content (AvgIpc) is 2.67. The van der Waals surface area contributed by atoms with Gasteiger partial charge in [0.2, 0.25) is 0 Å². The number of aromatic nitrogens is 2. The minimum atomic E-state index is 0.901. The Morgan fingerprint density at radius 3 is 2.17 bits per heavy atom. The van der Waals surface area contributed by atoms with Gasteiger partial charge in [0.1, 0.15) is 0 Å². The van der Waals surface area contributed by atoms with Crippen LogP contribution in [0.3, 0.4) is 0 Å². The molecule has 24 heavy (non-hydrogen) atoms. The van der Waals surface area contributed by atoms with Crippen molar-refractivity contribution in [1.82, 2.24) is 9.97 Å². The van der Waals surface area contributed by atoms with E-state index in [1.807, 2.05) is 0 Å². The number of benzene rings is 4. The summed E-state index contributed by atoms with van der Waals surface area (Å²) in [5.74, 6) is 0. The molecule has 5 aromatic rings. The van der Waals surface area contributed by atoms with Gasteiger partial charge >= 0.3 is 0 Å². The molecule has 0 aliphatic rings. The second-order valence-corrected chi connectivity index (χ2v) is 5.97. The van der Waals surface area contributed by atoms with Gasteiger partial charge in [-0.05, 0) is 38.4 Å². The van der Waals surface area contributed by atoms with E-state index in [2.05, 4.69) is 76.7 Å². The molecular weight excluding hydrogens is 292 g/mol. The lowest BCUT2D eigenvalue weighted by molar-refractivity contribution is 1.21. The van der Waals surface area contributed by atoms with Crippen LogP contribution < -0.4 is 0 Å². The number of hydrogen-bond acceptors (Lipinski definition) is 2. The molecule has 5 rings (SSSR count). The zero-order valence-corrected chi connectivity index (χ0v) is 13.0. The predicted molar refractivity (Wildman–Crippen MR) is 100.0 cm³/mol. The normalized spacial score (nSPS) is 11.3. The predicted octanol–water partition coefficient (Wildman–Crippen LogP) is 5.60. The molecule has 0 unspecified atom stereocenters. The molecule has 0 bridgehead atoms. The Balaban J connectivity index is 1.81. The summed E-state index contributed by atoms with van der Waals surface area (Å²) in [5, 5.41) is 7.66. The van der Waals surface area contributed by atoms with Crippen LogP contribution in [0.2, 0.25) is 0 Å². The van der Waals surface area contributed by atoms with E-state index in [1.165, 1.54) is 32.3 Å². The molecule has 0 radical (unpaired) electrons. The van der Waals surface area contributed by atoms with Crippen molar-refractivity contribution in [2.75, 3.05) is 0 Å². The van der Waals surface area contributed by atoms with E-state index in [9.17, 15) is 0 Å². The fourth-order valence-corrected chi connectivity index (χ4v) is 3.44. The van der Waals surface area contributed by atoms with Gasteiger partial charge in [-0.25, -0.2) is 0 Å². The summed E-state index contributed by atoms with van der Waals surface area (Å²) >= 11 is 0. The van der Waals surface area contributed by atoms with Crippen molar-refractivity contribution in [1.29, 1.82) is 0 Å². The first-order valence-electron chi connectivity index (χ1n) is 8.01. The first-order valence-corrected chi connectivity index (χ1v) is 8.01. The number of hydrogen-bond donors (Lipinski definition) is 0. The van der Waals surface area contributed by atoms with Crippen LogP contribution in [0, 0.1) is 0 Å². The molecule has 1 aromatic heterocycles. The van der Waals surface area contributed by atoms with Crippen LogP contribution in [0.15, 0.2) is 85.3 Å². The largest absolute Gasteiger partial charge is 0.261 e. The Morgan fingerprint density at radius 2 is 1.33 bits per heavy atom. The van der Waals surface area contributed by atoms with Crippen molar-refractivity contribution in [2.45, 2.75) is 0 Å². The Kier molecular flexibility index (Phi) is 2.83. The lowest BCUT2D eigenvalue weighted by Crippen LogP contribution is -1.85. The van der Waals surface area contributed by atoms with E-state index < -0.39 is 0 Å². The van der Waals surface area contributed by atoms with Crippen molar-refractivity contribution in [2.24, 2.45) is 0 Å². The van der Waals surface area contributed by atoms with Crippen molar-refractivity contribution >= 4 is 32.3 Å². The standard InChI is InChI=1S/C22H14N2/c1-2-4-18-15(3-1)5-9-21-19-8-7-17(22-14-23-11-12-24-22)13-16(19)6-10-20(18)21/h1-14H. The molecule has 0 atom stereocenters. The maximum atomic E-state index is 4.40.